The van der Waals surface area contributed by atoms with E-state index < -0.39 is 0 Å². The number of likely N-dealkylation sites (tertiary alicyclic amines) is 1. The Morgan fingerprint density at radius 2 is 1.96 bits per heavy atom. The zero-order valence-electron chi connectivity index (χ0n) is 15.9. The van der Waals surface area contributed by atoms with Crippen molar-refractivity contribution in [2.75, 3.05) is 19.6 Å². The fraction of sp³-hybridized carbons (Fsp3) is 0.500. The van der Waals surface area contributed by atoms with E-state index in [1.54, 1.807) is 0 Å². The third kappa shape index (κ3) is 3.30. The molecule has 1 fully saturated rings. The van der Waals surface area contributed by atoms with Gasteiger partial charge in [-0.25, -0.2) is 0 Å². The van der Waals surface area contributed by atoms with Crippen LogP contribution in [-0.2, 0) is 4.79 Å². The van der Waals surface area contributed by atoms with Crippen LogP contribution in [0.4, 0.5) is 0 Å². The number of H-pyrrole nitrogens is 1. The molecule has 2 aromatic rings. The zero-order chi connectivity index (χ0) is 18.1. The minimum absolute atomic E-state index is 0.300. The number of para-hydroxylation sites is 1. The summed E-state index contributed by atoms with van der Waals surface area (Å²) in [7, 11) is 0. The first kappa shape index (κ1) is 17.3. The number of carbonyl (C=O) groups is 1. The van der Waals surface area contributed by atoms with Crippen molar-refractivity contribution in [1.82, 2.24) is 14.8 Å². The minimum atomic E-state index is 0.300. The van der Waals surface area contributed by atoms with Gasteiger partial charge in [0.2, 0.25) is 5.91 Å². The van der Waals surface area contributed by atoms with Crippen LogP contribution in [0.3, 0.4) is 0 Å². The average Bonchev–Trinajstić information content (AvgIpc) is 3.06. The van der Waals surface area contributed by atoms with Gasteiger partial charge in [-0.15, -0.1) is 0 Å². The molecule has 4 nitrogen and oxygen atoms in total. The smallest absolute Gasteiger partial charge is 0.237 e. The Hall–Kier alpha value is -2.07. The van der Waals surface area contributed by atoms with E-state index in [4.69, 9.17) is 0 Å². The van der Waals surface area contributed by atoms with E-state index in [0.29, 0.717) is 24.5 Å². The third-order valence-electron chi connectivity index (χ3n) is 6.07. The molecule has 2 aliphatic heterocycles. The highest BCUT2D eigenvalue weighted by Gasteiger charge is 2.30. The quantitative estimate of drug-likeness (QED) is 0.906. The molecule has 0 bridgehead atoms. The topological polar surface area (TPSA) is 39.3 Å². The molecule has 0 aliphatic carbocycles. The third-order valence-corrected chi connectivity index (χ3v) is 6.07. The Kier molecular flexibility index (Phi) is 4.86. The van der Waals surface area contributed by atoms with Crippen molar-refractivity contribution in [3.05, 3.63) is 42.1 Å². The molecule has 1 aromatic carbocycles. The Bertz CT molecular complexity index is 812. The Morgan fingerprint density at radius 3 is 2.69 bits per heavy atom. The molecule has 26 heavy (non-hydrogen) atoms. The molecule has 3 heterocycles. The van der Waals surface area contributed by atoms with Crippen molar-refractivity contribution < 1.29 is 4.79 Å². The molecule has 1 aromatic heterocycles. The van der Waals surface area contributed by atoms with Crippen LogP contribution in [-0.4, -0.2) is 52.4 Å². The van der Waals surface area contributed by atoms with Gasteiger partial charge in [0, 0.05) is 47.8 Å². The summed E-state index contributed by atoms with van der Waals surface area (Å²) in [4.78, 5) is 20.6. The number of nitrogens with one attached hydrogen (secondary N) is 1. The van der Waals surface area contributed by atoms with Crippen molar-refractivity contribution in [1.29, 1.82) is 0 Å². The van der Waals surface area contributed by atoms with Crippen LogP contribution >= 0.6 is 0 Å². The molecule has 0 spiro atoms. The summed E-state index contributed by atoms with van der Waals surface area (Å²) in [6, 6.07) is 9.22. The number of fused-ring (bicyclic) bond motifs is 1. The van der Waals surface area contributed by atoms with Crippen molar-refractivity contribution in [2.45, 2.75) is 51.6 Å². The van der Waals surface area contributed by atoms with E-state index in [1.165, 1.54) is 28.5 Å². The second kappa shape index (κ2) is 7.28. The van der Waals surface area contributed by atoms with Crippen molar-refractivity contribution in [3.8, 4) is 0 Å². The summed E-state index contributed by atoms with van der Waals surface area (Å²) < 4.78 is 0. The Labute approximate surface area is 155 Å². The van der Waals surface area contributed by atoms with E-state index in [1.807, 2.05) is 0 Å². The summed E-state index contributed by atoms with van der Waals surface area (Å²) in [6.45, 7) is 6.74. The van der Waals surface area contributed by atoms with E-state index in [0.717, 1.165) is 32.4 Å². The lowest BCUT2D eigenvalue weighted by atomic mass is 9.97. The average molecular weight is 351 g/mol. The molecule has 0 saturated carbocycles. The first-order chi connectivity index (χ1) is 12.6. The number of aromatic amines is 1. The Balaban J connectivity index is 1.42. The van der Waals surface area contributed by atoms with Gasteiger partial charge in [0.1, 0.15) is 0 Å². The number of nitrogens with zero attached hydrogens (tertiary/aromatic N) is 2. The maximum atomic E-state index is 12.8. The van der Waals surface area contributed by atoms with Crippen molar-refractivity contribution >= 4 is 22.4 Å². The molecule has 0 radical (unpaired) electrons. The maximum Gasteiger partial charge on any atom is 0.237 e. The molecular formula is C22H29N3O. The summed E-state index contributed by atoms with van der Waals surface area (Å²) >= 11 is 0. The molecule has 0 unspecified atom stereocenters. The van der Waals surface area contributed by atoms with Crippen molar-refractivity contribution in [3.63, 3.8) is 0 Å². The first-order valence-corrected chi connectivity index (χ1v) is 9.92. The number of amides is 1. The molecule has 4 rings (SSSR count). The van der Waals surface area contributed by atoms with Gasteiger partial charge in [-0.1, -0.05) is 24.3 Å². The van der Waals surface area contributed by atoms with Gasteiger partial charge >= 0.3 is 0 Å². The zero-order valence-corrected chi connectivity index (χ0v) is 15.9. The van der Waals surface area contributed by atoms with Gasteiger partial charge < -0.3 is 9.88 Å². The lowest BCUT2D eigenvalue weighted by Crippen LogP contribution is -2.51. The molecule has 1 saturated heterocycles. The van der Waals surface area contributed by atoms with Gasteiger partial charge in [0.25, 0.3) is 0 Å². The van der Waals surface area contributed by atoms with E-state index >= 15 is 0 Å². The molecule has 4 heteroatoms. The van der Waals surface area contributed by atoms with Crippen LogP contribution < -0.4 is 0 Å². The van der Waals surface area contributed by atoms with Gasteiger partial charge in [-0.3, -0.25) is 9.69 Å². The predicted octanol–water partition coefficient (Wildman–Crippen LogP) is 4.05. The highest BCUT2D eigenvalue weighted by Crippen LogP contribution is 2.29. The molecule has 138 valence electrons. The van der Waals surface area contributed by atoms with Gasteiger partial charge in [-0.2, -0.15) is 0 Å². The number of rotatable bonds is 3. The monoisotopic (exact) mass is 351 g/mol. The highest BCUT2D eigenvalue weighted by molar-refractivity contribution is 5.92. The number of hydrogen-bond donors (Lipinski definition) is 1. The number of carbonyl (C=O) groups excluding carboxylic acids is 1. The first-order valence-electron chi connectivity index (χ1n) is 9.92. The normalized spacial score (nSPS) is 24.7. The molecule has 2 aliphatic rings. The molecule has 1 N–H and O–H groups in total. The summed E-state index contributed by atoms with van der Waals surface area (Å²) in [6.07, 6.45) is 8.94. The second-order valence-electron chi connectivity index (χ2n) is 7.89. The number of aromatic nitrogens is 1. The summed E-state index contributed by atoms with van der Waals surface area (Å²) in [5, 5.41) is 1.29. The van der Waals surface area contributed by atoms with E-state index in [-0.39, 0.29) is 0 Å². The molecule has 1 amide bonds. The summed E-state index contributed by atoms with van der Waals surface area (Å²) in [5.74, 6) is 0.300. The standard InChI is InChI=1S/C22H29N3O/c1-16-6-5-7-17(2)25(16)22(26)15-24-12-10-18(11-13-24)20-14-23-21-9-4-3-8-19(20)21/h3-4,8-10,14,16-17,23H,5-7,11-13,15H2,1-2H3/t16-,17-/m0/s1. The number of hydrogen-bond acceptors (Lipinski definition) is 2. The van der Waals surface area contributed by atoms with E-state index in [2.05, 4.69) is 65.2 Å². The number of benzene rings is 1. The largest absolute Gasteiger partial charge is 0.361 e. The van der Waals surface area contributed by atoms with Crippen LogP contribution in [0.15, 0.2) is 36.5 Å². The molecule has 2 atom stereocenters. The fourth-order valence-electron chi connectivity index (χ4n) is 4.62. The summed E-state index contributed by atoms with van der Waals surface area (Å²) in [5.41, 5.74) is 3.89. The lowest BCUT2D eigenvalue weighted by molar-refractivity contribution is -0.138. The minimum Gasteiger partial charge on any atom is -0.361 e. The van der Waals surface area contributed by atoms with Gasteiger partial charge in [0.05, 0.1) is 6.54 Å². The predicted molar refractivity (Wildman–Crippen MR) is 107 cm³/mol. The van der Waals surface area contributed by atoms with Crippen molar-refractivity contribution in [2.24, 2.45) is 0 Å². The van der Waals surface area contributed by atoms with Crippen LogP contribution in [0.2, 0.25) is 0 Å². The van der Waals surface area contributed by atoms with Crippen LogP contribution in [0, 0.1) is 0 Å². The lowest BCUT2D eigenvalue weighted by Gasteiger charge is -2.40. The highest BCUT2D eigenvalue weighted by atomic mass is 16.2. The SMILES string of the molecule is C[C@H]1CCC[C@H](C)N1C(=O)CN1CC=C(c2c[nH]c3ccccc23)CC1. The van der Waals surface area contributed by atoms with Gasteiger partial charge in [0.15, 0.2) is 0 Å². The fourth-order valence-corrected chi connectivity index (χ4v) is 4.62. The van der Waals surface area contributed by atoms with Crippen LogP contribution in [0.25, 0.3) is 16.5 Å². The van der Waals surface area contributed by atoms with E-state index in [9.17, 15) is 4.79 Å². The van der Waals surface area contributed by atoms with Crippen LogP contribution in [0.1, 0.15) is 45.1 Å². The van der Waals surface area contributed by atoms with Crippen LogP contribution in [0.5, 0.6) is 0 Å². The number of piperidine rings is 1. The van der Waals surface area contributed by atoms with Gasteiger partial charge in [-0.05, 0) is 51.2 Å². The Morgan fingerprint density at radius 1 is 1.19 bits per heavy atom. The second-order valence-corrected chi connectivity index (χ2v) is 7.89. The molecular weight excluding hydrogens is 322 g/mol. The maximum absolute atomic E-state index is 12.8.